The van der Waals surface area contributed by atoms with Crippen LogP contribution in [0.3, 0.4) is 0 Å². The van der Waals surface area contributed by atoms with Gasteiger partial charge in [-0.25, -0.2) is 0 Å². The first-order chi connectivity index (χ1) is 13.0. The van der Waals surface area contributed by atoms with Crippen molar-refractivity contribution in [3.63, 3.8) is 0 Å². The van der Waals surface area contributed by atoms with E-state index in [0.717, 1.165) is 18.5 Å². The molecule has 0 spiro atoms. The largest absolute Gasteiger partial charge is 0.351 e. The zero-order valence-electron chi connectivity index (χ0n) is 15.6. The summed E-state index contributed by atoms with van der Waals surface area (Å²) in [5.74, 6) is -0.647. The van der Waals surface area contributed by atoms with Gasteiger partial charge in [0.25, 0.3) is 11.8 Å². The normalized spacial score (nSPS) is 11.3. The fraction of sp³-hybridized carbons (Fsp3) is 0.238. The van der Waals surface area contributed by atoms with Crippen molar-refractivity contribution in [3.8, 4) is 0 Å². The minimum atomic E-state index is -0.330. The molecule has 142 valence electrons. The van der Waals surface area contributed by atoms with Crippen LogP contribution < -0.4 is 15.5 Å². The first kappa shape index (κ1) is 20.7. The summed E-state index contributed by atoms with van der Waals surface area (Å²) in [6.45, 7) is 1.50. The molecule has 0 fully saturated rings. The molecule has 0 aliphatic rings. The van der Waals surface area contributed by atoms with Crippen LogP contribution in [0.25, 0.3) is 6.08 Å². The van der Waals surface area contributed by atoms with Crippen molar-refractivity contribution < 1.29 is 14.5 Å². The number of rotatable bonds is 8. The van der Waals surface area contributed by atoms with Gasteiger partial charge in [0.2, 0.25) is 0 Å². The monoisotopic (exact) mass is 386 g/mol. The van der Waals surface area contributed by atoms with E-state index in [1.54, 1.807) is 54.6 Å². The molecule has 0 heterocycles. The molecule has 2 rings (SSSR count). The Labute approximate surface area is 165 Å². The van der Waals surface area contributed by atoms with Gasteiger partial charge >= 0.3 is 0 Å². The molecule has 0 saturated carbocycles. The van der Waals surface area contributed by atoms with E-state index in [1.807, 2.05) is 6.07 Å². The second-order valence-corrected chi connectivity index (χ2v) is 6.93. The Morgan fingerprint density at radius 3 is 2.33 bits per heavy atom. The van der Waals surface area contributed by atoms with E-state index >= 15 is 0 Å². The number of hydrogen-bond donors (Lipinski definition) is 3. The number of amides is 2. The Balaban J connectivity index is 2.13. The molecule has 2 aromatic carbocycles. The summed E-state index contributed by atoms with van der Waals surface area (Å²) in [6, 6.07) is 15.9. The van der Waals surface area contributed by atoms with Crippen molar-refractivity contribution >= 4 is 29.5 Å². The van der Waals surface area contributed by atoms with Gasteiger partial charge in [-0.2, -0.15) is 0 Å². The van der Waals surface area contributed by atoms with Crippen LogP contribution in [-0.4, -0.2) is 39.0 Å². The fourth-order valence-electron chi connectivity index (χ4n) is 2.41. The Morgan fingerprint density at radius 1 is 1.04 bits per heavy atom. The Morgan fingerprint density at radius 2 is 1.70 bits per heavy atom. The third-order valence-corrected chi connectivity index (χ3v) is 4.10. The SMILES string of the molecule is C[NH+](C)CCCNC(=O)C(=Cc1ccc(Cl)cc1)NC(=O)c1ccccc1. The first-order valence-electron chi connectivity index (χ1n) is 8.86. The van der Waals surface area contributed by atoms with Gasteiger partial charge in [0.15, 0.2) is 0 Å². The van der Waals surface area contributed by atoms with E-state index in [4.69, 9.17) is 11.6 Å². The number of halogens is 1. The smallest absolute Gasteiger partial charge is 0.267 e. The average molecular weight is 387 g/mol. The van der Waals surface area contributed by atoms with Crippen molar-refractivity contribution in [1.82, 2.24) is 10.6 Å². The van der Waals surface area contributed by atoms with Gasteiger partial charge in [-0.3, -0.25) is 9.59 Å². The molecule has 0 aromatic heterocycles. The summed E-state index contributed by atoms with van der Waals surface area (Å²) in [5, 5.41) is 6.19. The molecule has 2 aromatic rings. The molecule has 27 heavy (non-hydrogen) atoms. The van der Waals surface area contributed by atoms with E-state index in [0.29, 0.717) is 17.1 Å². The number of hydrogen-bond acceptors (Lipinski definition) is 2. The topological polar surface area (TPSA) is 62.6 Å². The lowest BCUT2D eigenvalue weighted by Gasteiger charge is -2.12. The molecule has 0 saturated heterocycles. The van der Waals surface area contributed by atoms with Crippen LogP contribution >= 0.6 is 11.6 Å². The minimum absolute atomic E-state index is 0.198. The highest BCUT2D eigenvalue weighted by Gasteiger charge is 2.14. The summed E-state index contributed by atoms with van der Waals surface area (Å²) in [4.78, 5) is 26.4. The molecule has 3 N–H and O–H groups in total. The van der Waals surface area contributed by atoms with E-state index < -0.39 is 0 Å². The van der Waals surface area contributed by atoms with E-state index in [2.05, 4.69) is 24.7 Å². The molecule has 5 nitrogen and oxygen atoms in total. The minimum Gasteiger partial charge on any atom is -0.351 e. The number of quaternary nitrogens is 1. The van der Waals surface area contributed by atoms with Crippen LogP contribution in [0.2, 0.25) is 5.02 Å². The summed E-state index contributed by atoms with van der Waals surface area (Å²) in [5.41, 5.74) is 1.46. The number of nitrogens with one attached hydrogen (secondary N) is 3. The molecular weight excluding hydrogens is 362 g/mol. The van der Waals surface area contributed by atoms with Crippen molar-refractivity contribution in [3.05, 3.63) is 76.4 Å². The van der Waals surface area contributed by atoms with Gasteiger partial charge < -0.3 is 15.5 Å². The van der Waals surface area contributed by atoms with Crippen LogP contribution in [0, 0.1) is 0 Å². The Hall–Kier alpha value is -2.63. The quantitative estimate of drug-likeness (QED) is 0.478. The summed E-state index contributed by atoms with van der Waals surface area (Å²) in [7, 11) is 4.13. The maximum atomic E-state index is 12.6. The number of benzene rings is 2. The third-order valence-electron chi connectivity index (χ3n) is 3.85. The molecule has 2 amide bonds. The van der Waals surface area contributed by atoms with Crippen LogP contribution in [-0.2, 0) is 4.79 Å². The van der Waals surface area contributed by atoms with Crippen LogP contribution in [0.15, 0.2) is 60.3 Å². The lowest BCUT2D eigenvalue weighted by Crippen LogP contribution is -3.05. The second kappa shape index (κ2) is 10.5. The van der Waals surface area contributed by atoms with Gasteiger partial charge in [0.05, 0.1) is 20.6 Å². The zero-order valence-corrected chi connectivity index (χ0v) is 16.3. The maximum absolute atomic E-state index is 12.6. The molecule has 0 aliphatic heterocycles. The molecule has 0 unspecified atom stereocenters. The lowest BCUT2D eigenvalue weighted by atomic mass is 10.1. The summed E-state index contributed by atoms with van der Waals surface area (Å²) < 4.78 is 0. The van der Waals surface area contributed by atoms with Crippen molar-refractivity contribution in [2.75, 3.05) is 27.2 Å². The van der Waals surface area contributed by atoms with Gasteiger partial charge in [-0.15, -0.1) is 0 Å². The molecule has 0 bridgehead atoms. The summed E-state index contributed by atoms with van der Waals surface area (Å²) in [6.07, 6.45) is 2.50. The van der Waals surface area contributed by atoms with E-state index in [9.17, 15) is 9.59 Å². The summed E-state index contributed by atoms with van der Waals surface area (Å²) >= 11 is 5.91. The highest BCUT2D eigenvalue weighted by atomic mass is 35.5. The molecular formula is C21H25ClN3O2+. The van der Waals surface area contributed by atoms with Crippen LogP contribution in [0.4, 0.5) is 0 Å². The van der Waals surface area contributed by atoms with Crippen LogP contribution in [0.1, 0.15) is 22.3 Å². The van der Waals surface area contributed by atoms with E-state index in [1.165, 1.54) is 4.90 Å². The highest BCUT2D eigenvalue weighted by Crippen LogP contribution is 2.12. The molecule has 0 radical (unpaired) electrons. The van der Waals surface area contributed by atoms with Gasteiger partial charge in [0, 0.05) is 23.6 Å². The van der Waals surface area contributed by atoms with Crippen molar-refractivity contribution in [1.29, 1.82) is 0 Å². The number of carbonyl (C=O) groups excluding carboxylic acids is 2. The fourth-order valence-corrected chi connectivity index (χ4v) is 2.53. The molecule has 6 heteroatoms. The lowest BCUT2D eigenvalue weighted by molar-refractivity contribution is -0.858. The Kier molecular flexibility index (Phi) is 8.04. The van der Waals surface area contributed by atoms with E-state index in [-0.39, 0.29) is 17.5 Å². The van der Waals surface area contributed by atoms with Gasteiger partial charge in [0.1, 0.15) is 5.70 Å². The highest BCUT2D eigenvalue weighted by molar-refractivity contribution is 6.30. The molecule has 0 atom stereocenters. The third kappa shape index (κ3) is 7.25. The first-order valence-corrected chi connectivity index (χ1v) is 9.24. The van der Waals surface area contributed by atoms with Crippen molar-refractivity contribution in [2.24, 2.45) is 0 Å². The second-order valence-electron chi connectivity index (χ2n) is 6.50. The zero-order chi connectivity index (χ0) is 19.6. The van der Waals surface area contributed by atoms with Gasteiger partial charge in [-0.1, -0.05) is 41.9 Å². The van der Waals surface area contributed by atoms with Crippen LogP contribution in [0.5, 0.6) is 0 Å². The maximum Gasteiger partial charge on any atom is 0.267 e. The predicted octanol–water partition coefficient (Wildman–Crippen LogP) is 1.76. The predicted molar refractivity (Wildman–Crippen MR) is 109 cm³/mol. The molecule has 0 aliphatic carbocycles. The Bertz CT molecular complexity index is 787. The number of carbonyl (C=O) groups is 2. The van der Waals surface area contributed by atoms with Gasteiger partial charge in [-0.05, 0) is 35.9 Å². The average Bonchev–Trinajstić information content (AvgIpc) is 2.66. The van der Waals surface area contributed by atoms with Crippen molar-refractivity contribution in [2.45, 2.75) is 6.42 Å². The standard InChI is InChI=1S/C21H24ClN3O2/c1-25(2)14-6-13-23-21(27)19(15-16-9-11-18(22)12-10-16)24-20(26)17-7-4-3-5-8-17/h3-5,7-12,15H,6,13-14H2,1-2H3,(H,23,27)(H,24,26)/p+1.